The number of aryl methyl sites for hydroxylation is 2. The summed E-state index contributed by atoms with van der Waals surface area (Å²) in [5.41, 5.74) is 2.74. The summed E-state index contributed by atoms with van der Waals surface area (Å²) in [6.45, 7) is 9.24. The summed E-state index contributed by atoms with van der Waals surface area (Å²) in [5, 5.41) is 9.04. The fourth-order valence-corrected chi connectivity index (χ4v) is 5.17. The number of likely N-dealkylation sites (N-methyl/N-ethyl adjacent to an activating group) is 1. The van der Waals surface area contributed by atoms with Crippen molar-refractivity contribution in [3.8, 4) is 17.6 Å². The fraction of sp³-hybridized carbons (Fsp3) is 0.409. The van der Waals surface area contributed by atoms with Gasteiger partial charge in [0.2, 0.25) is 10.0 Å². The molecule has 0 amide bonds. The van der Waals surface area contributed by atoms with Crippen LogP contribution in [0.15, 0.2) is 41.3 Å². The first kappa shape index (κ1) is 24.2. The Kier molecular flexibility index (Phi) is 8.27. The third kappa shape index (κ3) is 5.52. The molecule has 162 valence electrons. The van der Waals surface area contributed by atoms with E-state index in [1.165, 1.54) is 4.31 Å². The summed E-state index contributed by atoms with van der Waals surface area (Å²) in [7, 11) is -3.73. The smallest absolute Gasteiger partial charge is 0.246 e. The predicted molar refractivity (Wildman–Crippen MR) is 120 cm³/mol. The lowest BCUT2D eigenvalue weighted by Crippen LogP contribution is -2.48. The molecule has 0 radical (unpaired) electrons. The normalized spacial score (nSPS) is 15.3. The van der Waals surface area contributed by atoms with Gasteiger partial charge < -0.3 is 9.64 Å². The number of ether oxygens (including phenoxy) is 1. The average molecular weight is 450 g/mol. The van der Waals surface area contributed by atoms with Gasteiger partial charge in [-0.1, -0.05) is 19.1 Å². The molecule has 0 unspecified atom stereocenters. The molecule has 0 N–H and O–H groups in total. The number of nitriles is 1. The van der Waals surface area contributed by atoms with E-state index in [-0.39, 0.29) is 29.5 Å². The molecule has 1 heterocycles. The Labute approximate surface area is 185 Å². The maximum Gasteiger partial charge on any atom is 0.246 e. The quantitative estimate of drug-likeness (QED) is 0.668. The van der Waals surface area contributed by atoms with Crippen LogP contribution in [-0.4, -0.2) is 50.3 Å². The molecule has 0 aromatic heterocycles. The number of piperazine rings is 1. The van der Waals surface area contributed by atoms with Gasteiger partial charge in [-0.3, -0.25) is 0 Å². The number of nitrogens with zero attached hydrogens (tertiary/aromatic N) is 3. The van der Waals surface area contributed by atoms with Gasteiger partial charge in [0.1, 0.15) is 16.4 Å². The van der Waals surface area contributed by atoms with Gasteiger partial charge in [0.05, 0.1) is 12.5 Å². The average Bonchev–Trinajstić information content (AvgIpc) is 2.68. The van der Waals surface area contributed by atoms with E-state index in [0.717, 1.165) is 17.7 Å². The van der Waals surface area contributed by atoms with Gasteiger partial charge in [-0.25, -0.2) is 8.42 Å². The summed E-state index contributed by atoms with van der Waals surface area (Å²) in [6, 6.07) is 12.9. The summed E-state index contributed by atoms with van der Waals surface area (Å²) in [6.07, 6.45) is 0.149. The molecule has 0 bridgehead atoms. The van der Waals surface area contributed by atoms with Gasteiger partial charge in [-0.15, -0.1) is 12.4 Å². The lowest BCUT2D eigenvalue weighted by Gasteiger charge is -2.33. The number of rotatable bonds is 6. The van der Waals surface area contributed by atoms with Gasteiger partial charge in [0.25, 0.3) is 0 Å². The first-order valence-corrected chi connectivity index (χ1v) is 11.3. The van der Waals surface area contributed by atoms with E-state index in [1.807, 2.05) is 32.0 Å². The molecule has 6 nitrogen and oxygen atoms in total. The maximum atomic E-state index is 13.4. The van der Waals surface area contributed by atoms with Crippen molar-refractivity contribution in [3.63, 3.8) is 0 Å². The summed E-state index contributed by atoms with van der Waals surface area (Å²) in [4.78, 5) is 2.35. The lowest BCUT2D eigenvalue weighted by molar-refractivity contribution is 0.196. The second-order valence-corrected chi connectivity index (χ2v) is 9.29. The molecule has 1 aliphatic heterocycles. The zero-order valence-electron chi connectivity index (χ0n) is 17.6. The Morgan fingerprint density at radius 2 is 1.67 bits per heavy atom. The van der Waals surface area contributed by atoms with E-state index in [1.54, 1.807) is 18.2 Å². The SMILES string of the molecule is CCN1CCN(S(=O)(=O)c2cc(CC#N)ccc2Oc2cc(C)cc(C)c2)CC1.Cl. The van der Waals surface area contributed by atoms with Crippen molar-refractivity contribution in [3.05, 3.63) is 53.1 Å². The van der Waals surface area contributed by atoms with Gasteiger partial charge in [0.15, 0.2) is 0 Å². The van der Waals surface area contributed by atoms with Crippen molar-refractivity contribution in [1.82, 2.24) is 9.21 Å². The summed E-state index contributed by atoms with van der Waals surface area (Å²) in [5.74, 6) is 0.886. The standard InChI is InChI=1S/C22H27N3O3S.ClH/c1-4-24-9-11-25(12-10-24)29(26,27)22-16-19(7-8-23)5-6-21(22)28-20-14-17(2)13-18(3)15-20;/h5-6,13-16H,4,7,9-12H2,1-3H3;1H. The molecule has 2 aromatic rings. The zero-order valence-corrected chi connectivity index (χ0v) is 19.2. The van der Waals surface area contributed by atoms with Crippen molar-refractivity contribution in [2.75, 3.05) is 32.7 Å². The Hall–Kier alpha value is -2.11. The van der Waals surface area contributed by atoms with Gasteiger partial charge in [-0.05, 0) is 61.3 Å². The molecule has 8 heteroatoms. The second-order valence-electron chi connectivity index (χ2n) is 7.38. The minimum Gasteiger partial charge on any atom is -0.456 e. The van der Waals surface area contributed by atoms with Crippen LogP contribution in [0.1, 0.15) is 23.6 Å². The molecule has 0 saturated carbocycles. The number of hydrogen-bond donors (Lipinski definition) is 0. The first-order valence-electron chi connectivity index (χ1n) is 9.82. The molecular weight excluding hydrogens is 422 g/mol. The lowest BCUT2D eigenvalue weighted by atomic mass is 10.1. The van der Waals surface area contributed by atoms with E-state index in [2.05, 4.69) is 17.9 Å². The number of halogens is 1. The molecule has 2 aromatic carbocycles. The van der Waals surface area contributed by atoms with Crippen molar-refractivity contribution < 1.29 is 13.2 Å². The highest BCUT2D eigenvalue weighted by Gasteiger charge is 2.31. The number of sulfonamides is 1. The Balaban J connectivity index is 0.00000320. The minimum atomic E-state index is -3.73. The summed E-state index contributed by atoms with van der Waals surface area (Å²) >= 11 is 0. The van der Waals surface area contributed by atoms with Crippen LogP contribution < -0.4 is 4.74 Å². The molecule has 30 heavy (non-hydrogen) atoms. The monoisotopic (exact) mass is 449 g/mol. The van der Waals surface area contributed by atoms with Crippen LogP contribution >= 0.6 is 12.4 Å². The molecule has 3 rings (SSSR count). The Bertz CT molecular complexity index is 1010. The topological polar surface area (TPSA) is 73.6 Å². The molecule has 1 aliphatic rings. The molecule has 0 aliphatic carbocycles. The van der Waals surface area contributed by atoms with Gasteiger partial charge >= 0.3 is 0 Å². The van der Waals surface area contributed by atoms with Crippen LogP contribution in [0.2, 0.25) is 0 Å². The number of hydrogen-bond acceptors (Lipinski definition) is 5. The van der Waals surface area contributed by atoms with E-state index < -0.39 is 10.0 Å². The Morgan fingerprint density at radius 1 is 1.03 bits per heavy atom. The van der Waals surface area contributed by atoms with Gasteiger partial charge in [0, 0.05) is 26.2 Å². The maximum absolute atomic E-state index is 13.4. The fourth-order valence-electron chi connectivity index (χ4n) is 3.58. The highest BCUT2D eigenvalue weighted by atomic mass is 35.5. The van der Waals surface area contributed by atoms with Crippen LogP contribution in [0.4, 0.5) is 0 Å². The highest BCUT2D eigenvalue weighted by molar-refractivity contribution is 7.89. The predicted octanol–water partition coefficient (Wildman–Crippen LogP) is 3.91. The highest BCUT2D eigenvalue weighted by Crippen LogP contribution is 2.33. The molecule has 0 atom stereocenters. The minimum absolute atomic E-state index is 0. The second kappa shape index (κ2) is 10.3. The molecular formula is C22H28ClN3O3S. The largest absolute Gasteiger partial charge is 0.456 e. The van der Waals surface area contributed by atoms with Gasteiger partial charge in [-0.2, -0.15) is 9.57 Å². The first-order chi connectivity index (χ1) is 13.8. The van der Waals surface area contributed by atoms with E-state index in [0.29, 0.717) is 37.5 Å². The number of benzene rings is 2. The van der Waals surface area contributed by atoms with Crippen LogP contribution in [0.25, 0.3) is 0 Å². The van der Waals surface area contributed by atoms with Crippen LogP contribution in [-0.2, 0) is 16.4 Å². The third-order valence-electron chi connectivity index (χ3n) is 5.11. The summed E-state index contributed by atoms with van der Waals surface area (Å²) < 4.78 is 34.4. The van der Waals surface area contributed by atoms with Crippen molar-refractivity contribution >= 4 is 22.4 Å². The molecule has 1 saturated heterocycles. The van der Waals surface area contributed by atoms with E-state index in [4.69, 9.17) is 10.00 Å². The van der Waals surface area contributed by atoms with Crippen molar-refractivity contribution in [1.29, 1.82) is 5.26 Å². The van der Waals surface area contributed by atoms with Crippen LogP contribution in [0.3, 0.4) is 0 Å². The Morgan fingerprint density at radius 3 is 2.23 bits per heavy atom. The van der Waals surface area contributed by atoms with Crippen molar-refractivity contribution in [2.24, 2.45) is 0 Å². The van der Waals surface area contributed by atoms with Crippen LogP contribution in [0.5, 0.6) is 11.5 Å². The van der Waals surface area contributed by atoms with Crippen LogP contribution in [0, 0.1) is 25.2 Å². The zero-order chi connectivity index (χ0) is 21.0. The van der Waals surface area contributed by atoms with E-state index in [9.17, 15) is 8.42 Å². The molecule has 0 spiro atoms. The third-order valence-corrected chi connectivity index (χ3v) is 7.03. The molecule has 1 fully saturated rings. The van der Waals surface area contributed by atoms with Crippen molar-refractivity contribution in [2.45, 2.75) is 32.1 Å². The van der Waals surface area contributed by atoms with E-state index >= 15 is 0 Å².